The Balaban J connectivity index is 1.87. The molecule has 1 aromatic carbocycles. The number of benzene rings is 1. The van der Waals surface area contributed by atoms with E-state index in [9.17, 15) is 9.50 Å². The molecule has 2 N–H and O–H groups in total. The molecule has 1 aliphatic heterocycles. The summed E-state index contributed by atoms with van der Waals surface area (Å²) >= 11 is 0. The summed E-state index contributed by atoms with van der Waals surface area (Å²) in [6.07, 6.45) is 1.17. The number of halogens is 1. The lowest BCUT2D eigenvalue weighted by Gasteiger charge is -2.24. The first-order valence-corrected chi connectivity index (χ1v) is 8.72. The van der Waals surface area contributed by atoms with Gasteiger partial charge in [0.1, 0.15) is 0 Å². The molecule has 0 aliphatic carbocycles. The van der Waals surface area contributed by atoms with Gasteiger partial charge in [0.05, 0.1) is 0 Å². The number of aliphatic imine (C=N–C) groups is 1. The number of hydrogen-bond donors (Lipinski definition) is 2. The zero-order valence-electron chi connectivity index (χ0n) is 14.9. The second-order valence-electron chi connectivity index (χ2n) is 6.27. The van der Waals surface area contributed by atoms with Crippen LogP contribution in [0.4, 0.5) is 4.39 Å². The molecule has 5 nitrogen and oxygen atoms in total. The normalized spacial score (nSPS) is 18.5. The molecular weight excluding hydrogens is 307 g/mol. The van der Waals surface area contributed by atoms with Crippen LogP contribution >= 0.6 is 0 Å². The Morgan fingerprint density at radius 1 is 1.42 bits per heavy atom. The number of guanidine groups is 1. The van der Waals surface area contributed by atoms with Gasteiger partial charge >= 0.3 is 0 Å². The molecule has 1 atom stereocenters. The Labute approximate surface area is 144 Å². The number of nitrogens with zero attached hydrogens (tertiary/aromatic N) is 3. The predicted molar refractivity (Wildman–Crippen MR) is 95.7 cm³/mol. The lowest BCUT2D eigenvalue weighted by atomic mass is 10.1. The highest BCUT2D eigenvalue weighted by molar-refractivity contribution is 5.80. The van der Waals surface area contributed by atoms with Crippen molar-refractivity contribution in [3.05, 3.63) is 29.6 Å². The van der Waals surface area contributed by atoms with Gasteiger partial charge < -0.3 is 20.2 Å². The van der Waals surface area contributed by atoms with Crippen molar-refractivity contribution in [3.8, 4) is 5.75 Å². The largest absolute Gasteiger partial charge is 0.505 e. The van der Waals surface area contributed by atoms with Crippen molar-refractivity contribution in [2.24, 2.45) is 10.9 Å². The number of likely N-dealkylation sites (tertiary alicyclic amines) is 1. The van der Waals surface area contributed by atoms with Crippen LogP contribution in [0.5, 0.6) is 5.75 Å². The van der Waals surface area contributed by atoms with Crippen molar-refractivity contribution in [2.45, 2.75) is 26.8 Å². The van der Waals surface area contributed by atoms with Gasteiger partial charge in [0.15, 0.2) is 17.5 Å². The molecule has 0 amide bonds. The van der Waals surface area contributed by atoms with E-state index in [0.29, 0.717) is 12.5 Å². The molecule has 1 fully saturated rings. The number of aromatic hydroxyl groups is 1. The summed E-state index contributed by atoms with van der Waals surface area (Å²) in [6.45, 7) is 10.2. The van der Waals surface area contributed by atoms with Gasteiger partial charge in [-0.05, 0) is 43.1 Å². The second-order valence-corrected chi connectivity index (χ2v) is 6.27. The van der Waals surface area contributed by atoms with E-state index in [0.717, 1.165) is 44.2 Å². The van der Waals surface area contributed by atoms with Crippen molar-refractivity contribution in [1.82, 2.24) is 15.1 Å². The van der Waals surface area contributed by atoms with Crippen molar-refractivity contribution in [1.29, 1.82) is 0 Å². The Hall–Kier alpha value is -1.82. The number of hydrogen-bond acceptors (Lipinski definition) is 3. The third-order valence-electron chi connectivity index (χ3n) is 4.67. The molecule has 1 aromatic rings. The molecule has 2 rings (SSSR count). The SMILES string of the molecule is CCN(CC)CC1CCN(C(=NC)NCc2ccc(O)c(F)c2)C1. The molecule has 24 heavy (non-hydrogen) atoms. The van der Waals surface area contributed by atoms with Crippen LogP contribution < -0.4 is 5.32 Å². The fraction of sp³-hybridized carbons (Fsp3) is 0.611. The van der Waals surface area contributed by atoms with E-state index in [2.05, 4.69) is 34.0 Å². The summed E-state index contributed by atoms with van der Waals surface area (Å²) < 4.78 is 13.4. The first-order chi connectivity index (χ1) is 11.6. The van der Waals surface area contributed by atoms with Gasteiger partial charge in [-0.1, -0.05) is 19.9 Å². The van der Waals surface area contributed by atoms with E-state index < -0.39 is 5.82 Å². The number of phenolic OH excluding ortho intramolecular Hbond substituents is 1. The third-order valence-corrected chi connectivity index (χ3v) is 4.67. The summed E-state index contributed by atoms with van der Waals surface area (Å²) in [6, 6.07) is 4.44. The van der Waals surface area contributed by atoms with E-state index in [1.807, 2.05) is 0 Å². The highest BCUT2D eigenvalue weighted by atomic mass is 19.1. The maximum Gasteiger partial charge on any atom is 0.193 e. The molecular formula is C18H29FN4O. The summed E-state index contributed by atoms with van der Waals surface area (Å²) in [5.74, 6) is 0.603. The summed E-state index contributed by atoms with van der Waals surface area (Å²) in [5, 5.41) is 12.5. The van der Waals surface area contributed by atoms with Crippen LogP contribution in [0, 0.1) is 11.7 Å². The number of phenols is 1. The molecule has 0 saturated carbocycles. The zero-order valence-corrected chi connectivity index (χ0v) is 14.9. The second kappa shape index (κ2) is 8.87. The summed E-state index contributed by atoms with van der Waals surface area (Å²) in [4.78, 5) is 9.08. The minimum Gasteiger partial charge on any atom is -0.505 e. The Bertz CT molecular complexity index is 560. The lowest BCUT2D eigenvalue weighted by Crippen LogP contribution is -2.40. The lowest BCUT2D eigenvalue weighted by molar-refractivity contribution is 0.255. The Morgan fingerprint density at radius 3 is 2.79 bits per heavy atom. The molecule has 1 heterocycles. The molecule has 0 bridgehead atoms. The van der Waals surface area contributed by atoms with Crippen molar-refractivity contribution < 1.29 is 9.50 Å². The highest BCUT2D eigenvalue weighted by Gasteiger charge is 2.25. The van der Waals surface area contributed by atoms with Crippen LogP contribution in [0.3, 0.4) is 0 Å². The number of nitrogens with one attached hydrogen (secondary N) is 1. The van der Waals surface area contributed by atoms with Gasteiger partial charge in [0, 0.05) is 33.2 Å². The Kier molecular flexibility index (Phi) is 6.85. The average Bonchev–Trinajstić information content (AvgIpc) is 3.04. The standard InChI is InChI=1S/C18H29FN4O/c1-4-22(5-2)12-15-8-9-23(13-15)18(20-3)21-11-14-6-7-17(24)16(19)10-14/h6-7,10,15,24H,4-5,8-9,11-13H2,1-3H3,(H,20,21). The van der Waals surface area contributed by atoms with Crippen molar-refractivity contribution in [2.75, 3.05) is 39.8 Å². The molecule has 6 heteroatoms. The maximum atomic E-state index is 13.4. The molecule has 0 spiro atoms. The third kappa shape index (κ3) is 4.84. The minimum absolute atomic E-state index is 0.318. The van der Waals surface area contributed by atoms with Gasteiger partial charge in [-0.15, -0.1) is 0 Å². The minimum atomic E-state index is -0.593. The maximum absolute atomic E-state index is 13.4. The van der Waals surface area contributed by atoms with Crippen molar-refractivity contribution >= 4 is 5.96 Å². The van der Waals surface area contributed by atoms with Crippen LogP contribution in [-0.2, 0) is 6.54 Å². The first kappa shape index (κ1) is 18.5. The van der Waals surface area contributed by atoms with Gasteiger partial charge in [-0.25, -0.2) is 4.39 Å². The highest BCUT2D eigenvalue weighted by Crippen LogP contribution is 2.18. The van der Waals surface area contributed by atoms with E-state index in [1.54, 1.807) is 13.1 Å². The fourth-order valence-electron chi connectivity index (χ4n) is 3.19. The van der Waals surface area contributed by atoms with E-state index in [-0.39, 0.29) is 5.75 Å². The van der Waals surface area contributed by atoms with E-state index >= 15 is 0 Å². The quantitative estimate of drug-likeness (QED) is 0.618. The summed E-state index contributed by atoms with van der Waals surface area (Å²) in [5.41, 5.74) is 0.783. The molecule has 134 valence electrons. The van der Waals surface area contributed by atoms with Gasteiger partial charge in [0.25, 0.3) is 0 Å². The first-order valence-electron chi connectivity index (χ1n) is 8.72. The summed E-state index contributed by atoms with van der Waals surface area (Å²) in [7, 11) is 1.78. The Morgan fingerprint density at radius 2 is 2.17 bits per heavy atom. The molecule has 1 unspecified atom stereocenters. The van der Waals surface area contributed by atoms with Crippen molar-refractivity contribution in [3.63, 3.8) is 0 Å². The van der Waals surface area contributed by atoms with Crippen LogP contribution in [0.15, 0.2) is 23.2 Å². The fourth-order valence-corrected chi connectivity index (χ4v) is 3.19. The molecule has 1 aliphatic rings. The average molecular weight is 336 g/mol. The van der Waals surface area contributed by atoms with Gasteiger partial charge in [0.2, 0.25) is 0 Å². The molecule has 0 aromatic heterocycles. The van der Waals surface area contributed by atoms with E-state index in [1.165, 1.54) is 18.6 Å². The van der Waals surface area contributed by atoms with Crippen LogP contribution in [0.1, 0.15) is 25.8 Å². The van der Waals surface area contributed by atoms with Gasteiger partial charge in [-0.2, -0.15) is 0 Å². The predicted octanol–water partition coefficient (Wildman–Crippen LogP) is 2.27. The molecule has 1 saturated heterocycles. The van der Waals surface area contributed by atoms with Gasteiger partial charge in [-0.3, -0.25) is 4.99 Å². The molecule has 0 radical (unpaired) electrons. The number of rotatable bonds is 6. The van der Waals surface area contributed by atoms with Crippen LogP contribution in [-0.4, -0.2) is 60.6 Å². The van der Waals surface area contributed by atoms with Crippen LogP contribution in [0.2, 0.25) is 0 Å². The van der Waals surface area contributed by atoms with Crippen LogP contribution in [0.25, 0.3) is 0 Å². The monoisotopic (exact) mass is 336 g/mol. The topological polar surface area (TPSA) is 51.1 Å². The zero-order chi connectivity index (χ0) is 17.5. The van der Waals surface area contributed by atoms with E-state index in [4.69, 9.17) is 0 Å². The smallest absolute Gasteiger partial charge is 0.193 e.